The standard InChI is InChI=1S/C15H16AsFN2O5/c1-9(19(22)15(18)21)8-16-14(20)12-6-7-13(24-12)23-11-4-2-10(17)3-5-11/h2-7,9,16,22H,8H2,1H3,(H2,18,21). The quantitative estimate of drug-likeness (QED) is 0.423. The number of furan rings is 1. The Morgan fingerprint density at radius 2 is 2.00 bits per heavy atom. The Kier molecular flexibility index (Phi) is 6.00. The number of carbonyl (C=O) groups excluding carboxylic acids is 2. The summed E-state index contributed by atoms with van der Waals surface area (Å²) in [4.78, 5) is 22.9. The van der Waals surface area contributed by atoms with Crippen LogP contribution in [0.1, 0.15) is 17.5 Å². The van der Waals surface area contributed by atoms with Crippen LogP contribution < -0.4 is 10.5 Å². The molecular formula is C15H16AsFN2O5. The third kappa shape index (κ3) is 4.84. The Labute approximate surface area is 143 Å². The number of rotatable bonds is 7. The van der Waals surface area contributed by atoms with Gasteiger partial charge in [0.25, 0.3) is 0 Å². The minimum absolute atomic E-state index is 0.116. The van der Waals surface area contributed by atoms with Crippen molar-refractivity contribution in [2.45, 2.75) is 18.2 Å². The molecule has 2 atom stereocenters. The van der Waals surface area contributed by atoms with Crippen LogP contribution >= 0.6 is 0 Å². The van der Waals surface area contributed by atoms with Gasteiger partial charge in [0, 0.05) is 0 Å². The zero-order valence-electron chi connectivity index (χ0n) is 12.7. The van der Waals surface area contributed by atoms with Crippen LogP contribution in [0.3, 0.4) is 0 Å². The maximum atomic E-state index is 12.8. The molecule has 2 aromatic rings. The summed E-state index contributed by atoms with van der Waals surface area (Å²) in [6.07, 6.45) is 0. The van der Waals surface area contributed by atoms with E-state index in [-0.39, 0.29) is 22.1 Å². The van der Waals surface area contributed by atoms with E-state index in [0.717, 1.165) is 0 Å². The van der Waals surface area contributed by atoms with Crippen LogP contribution in [0.2, 0.25) is 5.21 Å². The third-order valence-corrected chi connectivity index (χ3v) is 5.90. The fourth-order valence-electron chi connectivity index (χ4n) is 1.75. The number of hydroxylamine groups is 2. The Hall–Kier alpha value is -2.31. The zero-order valence-corrected chi connectivity index (χ0v) is 14.8. The van der Waals surface area contributed by atoms with Gasteiger partial charge in [-0.25, -0.2) is 0 Å². The van der Waals surface area contributed by atoms with Crippen LogP contribution in [0, 0.1) is 5.82 Å². The van der Waals surface area contributed by atoms with E-state index in [0.29, 0.717) is 16.0 Å². The summed E-state index contributed by atoms with van der Waals surface area (Å²) < 4.78 is 23.3. The molecule has 0 bridgehead atoms. The average Bonchev–Trinajstić information content (AvgIpc) is 3.02. The number of primary amides is 1. The van der Waals surface area contributed by atoms with Gasteiger partial charge in [0.2, 0.25) is 0 Å². The van der Waals surface area contributed by atoms with Gasteiger partial charge in [-0.2, -0.15) is 0 Å². The molecule has 0 spiro atoms. The van der Waals surface area contributed by atoms with E-state index in [1.54, 1.807) is 6.92 Å². The molecular weight excluding hydrogens is 382 g/mol. The SMILES string of the molecule is CC(C[AsH]C(=O)c1ccc(Oc2ccc(F)cc2)o1)N(O)C(N)=O. The van der Waals surface area contributed by atoms with Crippen LogP contribution in [-0.4, -0.2) is 42.7 Å². The van der Waals surface area contributed by atoms with Crippen molar-refractivity contribution < 1.29 is 28.3 Å². The van der Waals surface area contributed by atoms with Crippen molar-refractivity contribution in [2.24, 2.45) is 5.73 Å². The van der Waals surface area contributed by atoms with E-state index in [4.69, 9.17) is 14.9 Å². The molecule has 0 aliphatic carbocycles. The van der Waals surface area contributed by atoms with Crippen molar-refractivity contribution in [3.8, 4) is 11.7 Å². The predicted octanol–water partition coefficient (Wildman–Crippen LogP) is 2.36. The second-order valence-electron chi connectivity index (χ2n) is 4.92. The van der Waals surface area contributed by atoms with Crippen LogP contribution in [0.5, 0.6) is 11.7 Å². The molecule has 7 nitrogen and oxygen atoms in total. The summed E-state index contributed by atoms with van der Waals surface area (Å²) in [5.41, 5.74) is 4.95. The van der Waals surface area contributed by atoms with Gasteiger partial charge in [-0.1, -0.05) is 0 Å². The van der Waals surface area contributed by atoms with Crippen LogP contribution in [0.25, 0.3) is 0 Å². The van der Waals surface area contributed by atoms with Crippen molar-refractivity contribution >= 4 is 26.4 Å². The molecule has 1 aromatic heterocycles. The van der Waals surface area contributed by atoms with E-state index in [1.807, 2.05) is 0 Å². The number of amides is 2. The molecule has 1 heterocycles. The minimum atomic E-state index is -1.16. The Bertz CT molecular complexity index is 719. The number of carbonyl (C=O) groups is 2. The van der Waals surface area contributed by atoms with Crippen LogP contribution in [0.15, 0.2) is 40.8 Å². The van der Waals surface area contributed by atoms with E-state index >= 15 is 0 Å². The number of nitrogens with two attached hydrogens (primary N) is 1. The monoisotopic (exact) mass is 398 g/mol. The van der Waals surface area contributed by atoms with E-state index < -0.39 is 27.8 Å². The van der Waals surface area contributed by atoms with Crippen molar-refractivity contribution in [1.82, 2.24) is 5.06 Å². The molecule has 2 rings (SSSR count). The van der Waals surface area contributed by atoms with Gasteiger partial charge in [0.15, 0.2) is 0 Å². The van der Waals surface area contributed by atoms with E-state index in [1.165, 1.54) is 36.4 Å². The molecule has 0 saturated heterocycles. The van der Waals surface area contributed by atoms with Crippen molar-refractivity contribution in [2.75, 3.05) is 0 Å². The number of hydrogen-bond donors (Lipinski definition) is 2. The molecule has 0 fully saturated rings. The first-order valence-corrected chi connectivity index (χ1v) is 9.49. The normalized spacial score (nSPS) is 12.3. The summed E-state index contributed by atoms with van der Waals surface area (Å²) in [7, 11) is 0. The number of urea groups is 1. The van der Waals surface area contributed by atoms with Gasteiger partial charge in [-0.3, -0.25) is 0 Å². The van der Waals surface area contributed by atoms with Gasteiger partial charge in [0.05, 0.1) is 0 Å². The molecule has 3 N–H and O–H groups in total. The average molecular weight is 398 g/mol. The van der Waals surface area contributed by atoms with Gasteiger partial charge in [0.1, 0.15) is 0 Å². The van der Waals surface area contributed by atoms with Gasteiger partial charge < -0.3 is 0 Å². The van der Waals surface area contributed by atoms with Gasteiger partial charge >= 0.3 is 143 Å². The fraction of sp³-hybridized carbons (Fsp3) is 0.200. The Morgan fingerprint density at radius 1 is 1.33 bits per heavy atom. The topological polar surface area (TPSA) is 106 Å². The van der Waals surface area contributed by atoms with Crippen molar-refractivity contribution in [3.63, 3.8) is 0 Å². The Morgan fingerprint density at radius 3 is 2.62 bits per heavy atom. The first-order valence-electron chi connectivity index (χ1n) is 6.96. The summed E-state index contributed by atoms with van der Waals surface area (Å²) in [5, 5.41) is 10.1. The molecule has 0 saturated carbocycles. The number of ether oxygens (including phenoxy) is 1. The summed E-state index contributed by atoms with van der Waals surface area (Å²) in [5.74, 6) is 0.256. The van der Waals surface area contributed by atoms with E-state index in [9.17, 15) is 19.2 Å². The first-order chi connectivity index (χ1) is 11.4. The Balaban J connectivity index is 1.91. The number of nitrogens with zero attached hydrogens (tertiary/aromatic N) is 1. The fourth-order valence-corrected chi connectivity index (χ4v) is 3.77. The van der Waals surface area contributed by atoms with Crippen LogP contribution in [0.4, 0.5) is 9.18 Å². The molecule has 2 unspecified atom stereocenters. The molecule has 0 radical (unpaired) electrons. The van der Waals surface area contributed by atoms with Crippen molar-refractivity contribution in [1.29, 1.82) is 0 Å². The molecule has 9 heteroatoms. The number of benzene rings is 1. The summed E-state index contributed by atoms with van der Waals surface area (Å²) in [6.45, 7) is 1.59. The second kappa shape index (κ2) is 7.99. The van der Waals surface area contributed by atoms with E-state index in [2.05, 4.69) is 0 Å². The molecule has 0 aliphatic rings. The predicted molar refractivity (Wildman–Crippen MR) is 84.1 cm³/mol. The van der Waals surface area contributed by atoms with Crippen LogP contribution in [-0.2, 0) is 0 Å². The molecule has 0 aliphatic heterocycles. The van der Waals surface area contributed by atoms with Gasteiger partial charge in [-0.15, -0.1) is 0 Å². The zero-order chi connectivity index (χ0) is 17.7. The number of hydrogen-bond acceptors (Lipinski definition) is 5. The van der Waals surface area contributed by atoms with Crippen molar-refractivity contribution in [3.05, 3.63) is 48.0 Å². The summed E-state index contributed by atoms with van der Waals surface area (Å²) >= 11 is -1.16. The maximum absolute atomic E-state index is 12.8. The first kappa shape index (κ1) is 18.0. The summed E-state index contributed by atoms with van der Waals surface area (Å²) in [6, 6.07) is 6.84. The molecule has 2 amide bonds. The third-order valence-electron chi connectivity index (χ3n) is 3.04. The molecule has 24 heavy (non-hydrogen) atoms. The van der Waals surface area contributed by atoms with Gasteiger partial charge in [-0.05, 0) is 0 Å². The molecule has 1 aromatic carbocycles. The number of halogens is 1. The molecule has 128 valence electrons. The second-order valence-corrected chi connectivity index (χ2v) is 7.47.